The molecule has 3 rings (SSSR count). The first-order valence-electron chi connectivity index (χ1n) is 8.40. The van der Waals surface area contributed by atoms with E-state index in [0.717, 1.165) is 22.9 Å². The minimum absolute atomic E-state index is 0.219. The van der Waals surface area contributed by atoms with Gasteiger partial charge in [0.15, 0.2) is 0 Å². The van der Waals surface area contributed by atoms with Crippen LogP contribution in [0.15, 0.2) is 54.7 Å². The van der Waals surface area contributed by atoms with Crippen molar-refractivity contribution < 1.29 is 9.59 Å². The molecule has 0 radical (unpaired) electrons. The minimum Gasteiger partial charge on any atom is -0.361 e. The molecule has 5 nitrogen and oxygen atoms in total. The van der Waals surface area contributed by atoms with Crippen molar-refractivity contribution in [2.24, 2.45) is 0 Å². The zero-order valence-corrected chi connectivity index (χ0v) is 14.1. The van der Waals surface area contributed by atoms with Gasteiger partial charge < -0.3 is 4.98 Å². The lowest BCUT2D eigenvalue weighted by molar-refractivity contribution is -0.121. The van der Waals surface area contributed by atoms with E-state index in [-0.39, 0.29) is 11.8 Å². The molecular formula is C20H21N3O2. The molecule has 0 fully saturated rings. The van der Waals surface area contributed by atoms with Crippen LogP contribution in [0.3, 0.4) is 0 Å². The maximum atomic E-state index is 12.0. The molecule has 0 saturated carbocycles. The van der Waals surface area contributed by atoms with E-state index in [9.17, 15) is 9.59 Å². The normalized spacial score (nSPS) is 10.6. The lowest BCUT2D eigenvalue weighted by atomic mass is 10.1. The summed E-state index contributed by atoms with van der Waals surface area (Å²) in [6.45, 7) is 2.06. The van der Waals surface area contributed by atoms with E-state index in [1.54, 1.807) is 12.1 Å². The summed E-state index contributed by atoms with van der Waals surface area (Å²) >= 11 is 0. The Balaban J connectivity index is 1.50. The first-order valence-corrected chi connectivity index (χ1v) is 8.40. The van der Waals surface area contributed by atoms with Crippen molar-refractivity contribution in [3.8, 4) is 0 Å². The van der Waals surface area contributed by atoms with Crippen LogP contribution in [-0.4, -0.2) is 16.8 Å². The molecule has 5 heteroatoms. The predicted octanol–water partition coefficient (Wildman–Crippen LogP) is 3.12. The number of hydrogen-bond donors (Lipinski definition) is 3. The molecule has 0 spiro atoms. The molecule has 1 aromatic heterocycles. The smallest absolute Gasteiger partial charge is 0.269 e. The van der Waals surface area contributed by atoms with Crippen LogP contribution in [0.5, 0.6) is 0 Å². The zero-order valence-electron chi connectivity index (χ0n) is 14.1. The number of aryl methyl sites for hydroxylation is 2. The molecular weight excluding hydrogens is 314 g/mol. The van der Waals surface area contributed by atoms with Gasteiger partial charge in [-0.3, -0.25) is 20.4 Å². The number of aromatic nitrogens is 1. The van der Waals surface area contributed by atoms with Crippen LogP contribution in [0.2, 0.25) is 0 Å². The number of nitrogens with one attached hydrogen (secondary N) is 3. The highest BCUT2D eigenvalue weighted by molar-refractivity contribution is 5.95. The van der Waals surface area contributed by atoms with Gasteiger partial charge in [0.25, 0.3) is 5.91 Å². The Kier molecular flexibility index (Phi) is 5.14. The summed E-state index contributed by atoms with van der Waals surface area (Å²) < 4.78 is 0. The van der Waals surface area contributed by atoms with Gasteiger partial charge in [-0.05, 0) is 42.2 Å². The SMILES string of the molecule is CCc1ccc(C(=O)NNC(=O)CCc2c[nH]c3ccccc23)cc1. The summed E-state index contributed by atoms with van der Waals surface area (Å²) in [5, 5.41) is 1.12. The van der Waals surface area contributed by atoms with E-state index in [1.165, 1.54) is 5.56 Å². The average molecular weight is 335 g/mol. The predicted molar refractivity (Wildman–Crippen MR) is 98.0 cm³/mol. The van der Waals surface area contributed by atoms with Gasteiger partial charge in [-0.2, -0.15) is 0 Å². The third kappa shape index (κ3) is 4.07. The van der Waals surface area contributed by atoms with E-state index >= 15 is 0 Å². The fourth-order valence-corrected chi connectivity index (χ4v) is 2.74. The Morgan fingerprint density at radius 2 is 1.76 bits per heavy atom. The number of para-hydroxylation sites is 1. The van der Waals surface area contributed by atoms with E-state index < -0.39 is 0 Å². The largest absolute Gasteiger partial charge is 0.361 e. The third-order valence-corrected chi connectivity index (χ3v) is 4.24. The number of H-pyrrole nitrogens is 1. The first kappa shape index (κ1) is 16.8. The molecule has 0 saturated heterocycles. The van der Waals surface area contributed by atoms with Crippen LogP contribution < -0.4 is 10.9 Å². The molecule has 0 aliphatic heterocycles. The maximum absolute atomic E-state index is 12.0. The average Bonchev–Trinajstić information content (AvgIpc) is 3.07. The molecule has 0 atom stereocenters. The highest BCUT2D eigenvalue weighted by atomic mass is 16.2. The summed E-state index contributed by atoms with van der Waals surface area (Å²) in [5.41, 5.74) is 8.76. The summed E-state index contributed by atoms with van der Waals surface area (Å²) in [7, 11) is 0. The molecule has 1 heterocycles. The van der Waals surface area contributed by atoms with Crippen molar-refractivity contribution in [2.75, 3.05) is 0 Å². The zero-order chi connectivity index (χ0) is 17.6. The topological polar surface area (TPSA) is 74.0 Å². The van der Waals surface area contributed by atoms with Crippen molar-refractivity contribution in [3.05, 3.63) is 71.4 Å². The number of rotatable bonds is 5. The van der Waals surface area contributed by atoms with Crippen LogP contribution in [0, 0.1) is 0 Å². The number of amides is 2. The summed E-state index contributed by atoms with van der Waals surface area (Å²) in [5.74, 6) is -0.535. The molecule has 3 aromatic rings. The van der Waals surface area contributed by atoms with Gasteiger partial charge in [0.2, 0.25) is 5.91 Å². The highest BCUT2D eigenvalue weighted by Gasteiger charge is 2.09. The molecule has 0 unspecified atom stereocenters. The molecule has 2 amide bonds. The van der Waals surface area contributed by atoms with Gasteiger partial charge in [-0.1, -0.05) is 37.3 Å². The number of fused-ring (bicyclic) bond motifs is 1. The second-order valence-corrected chi connectivity index (χ2v) is 5.91. The van der Waals surface area contributed by atoms with Gasteiger partial charge in [0, 0.05) is 29.1 Å². The lowest BCUT2D eigenvalue weighted by Crippen LogP contribution is -2.41. The Labute approximate surface area is 146 Å². The molecule has 3 N–H and O–H groups in total. The van der Waals surface area contributed by atoms with Crippen molar-refractivity contribution in [2.45, 2.75) is 26.2 Å². The summed E-state index contributed by atoms with van der Waals surface area (Å²) in [6, 6.07) is 15.3. The number of benzene rings is 2. The highest BCUT2D eigenvalue weighted by Crippen LogP contribution is 2.18. The van der Waals surface area contributed by atoms with Crippen molar-refractivity contribution in [1.82, 2.24) is 15.8 Å². The van der Waals surface area contributed by atoms with Crippen LogP contribution in [0.25, 0.3) is 10.9 Å². The Morgan fingerprint density at radius 1 is 1.00 bits per heavy atom. The number of aromatic amines is 1. The maximum Gasteiger partial charge on any atom is 0.269 e. The number of hydrogen-bond acceptors (Lipinski definition) is 2. The fourth-order valence-electron chi connectivity index (χ4n) is 2.74. The Hall–Kier alpha value is -3.08. The van der Waals surface area contributed by atoms with Crippen LogP contribution in [0.1, 0.15) is 34.8 Å². The van der Waals surface area contributed by atoms with E-state index in [0.29, 0.717) is 18.4 Å². The summed E-state index contributed by atoms with van der Waals surface area (Å²) in [6.07, 6.45) is 3.76. The summed E-state index contributed by atoms with van der Waals surface area (Å²) in [4.78, 5) is 27.2. The standard InChI is InChI=1S/C20H21N3O2/c1-2-14-7-9-15(10-8-14)20(25)23-22-19(24)12-11-16-13-21-18-6-4-3-5-17(16)18/h3-10,13,21H,2,11-12H2,1H3,(H,22,24)(H,23,25). The van der Waals surface area contributed by atoms with Crippen LogP contribution >= 0.6 is 0 Å². The minimum atomic E-state index is -0.317. The van der Waals surface area contributed by atoms with Crippen molar-refractivity contribution >= 4 is 22.7 Å². The lowest BCUT2D eigenvalue weighted by Gasteiger charge is -2.07. The third-order valence-electron chi connectivity index (χ3n) is 4.24. The van der Waals surface area contributed by atoms with Gasteiger partial charge in [-0.25, -0.2) is 0 Å². The quantitative estimate of drug-likeness (QED) is 0.627. The Bertz CT molecular complexity index is 881. The van der Waals surface area contributed by atoms with Crippen molar-refractivity contribution in [3.63, 3.8) is 0 Å². The first-order chi connectivity index (χ1) is 12.2. The molecule has 2 aromatic carbocycles. The van der Waals surface area contributed by atoms with Gasteiger partial charge in [0.05, 0.1) is 0 Å². The number of carbonyl (C=O) groups excluding carboxylic acids is 2. The second kappa shape index (κ2) is 7.66. The Morgan fingerprint density at radius 3 is 2.52 bits per heavy atom. The monoisotopic (exact) mass is 335 g/mol. The van der Waals surface area contributed by atoms with Gasteiger partial charge in [-0.15, -0.1) is 0 Å². The van der Waals surface area contributed by atoms with Crippen molar-refractivity contribution in [1.29, 1.82) is 0 Å². The molecule has 25 heavy (non-hydrogen) atoms. The fraction of sp³-hybridized carbons (Fsp3) is 0.200. The van der Waals surface area contributed by atoms with E-state index in [1.807, 2.05) is 42.6 Å². The van der Waals surface area contributed by atoms with Crippen LogP contribution in [0.4, 0.5) is 0 Å². The molecule has 128 valence electrons. The van der Waals surface area contributed by atoms with Gasteiger partial charge in [0.1, 0.15) is 0 Å². The van der Waals surface area contributed by atoms with Gasteiger partial charge >= 0.3 is 0 Å². The number of hydrazine groups is 1. The van der Waals surface area contributed by atoms with E-state index in [2.05, 4.69) is 22.8 Å². The van der Waals surface area contributed by atoms with Crippen LogP contribution in [-0.2, 0) is 17.6 Å². The second-order valence-electron chi connectivity index (χ2n) is 5.91. The molecule has 0 aliphatic rings. The van der Waals surface area contributed by atoms with E-state index in [4.69, 9.17) is 0 Å². The molecule has 0 bridgehead atoms. The molecule has 0 aliphatic carbocycles. The number of carbonyl (C=O) groups is 2.